The van der Waals surface area contributed by atoms with Crippen LogP contribution in [0.2, 0.25) is 0 Å². The number of ether oxygens (including phenoxy) is 1. The van der Waals surface area contributed by atoms with Gasteiger partial charge in [0.2, 0.25) is 11.8 Å². The molecule has 0 spiro atoms. The quantitative estimate of drug-likeness (QED) is 0.628. The minimum absolute atomic E-state index is 0.0702. The molecule has 1 aliphatic heterocycles. The Hall–Kier alpha value is -3.51. The monoisotopic (exact) mass is 480 g/mol. The van der Waals surface area contributed by atoms with Gasteiger partial charge in [-0.15, -0.1) is 0 Å². The van der Waals surface area contributed by atoms with E-state index < -0.39 is 24.8 Å². The Bertz CT molecular complexity index is 1160. The van der Waals surface area contributed by atoms with Gasteiger partial charge in [0.1, 0.15) is 30.3 Å². The molecule has 1 aromatic heterocycles. The number of nitriles is 1. The summed E-state index contributed by atoms with van der Waals surface area (Å²) >= 11 is 0. The van der Waals surface area contributed by atoms with Gasteiger partial charge in [-0.05, 0) is 53.1 Å². The van der Waals surface area contributed by atoms with E-state index in [0.29, 0.717) is 18.2 Å². The molecule has 2 heterocycles. The molecule has 35 heavy (non-hydrogen) atoms. The number of carbonyl (C=O) groups is 2. The summed E-state index contributed by atoms with van der Waals surface area (Å²) in [6.07, 6.45) is 1.13. The summed E-state index contributed by atoms with van der Waals surface area (Å²) in [4.78, 5) is 29.5. The number of nitrogens with zero attached hydrogens (tertiary/aromatic N) is 3. The van der Waals surface area contributed by atoms with Crippen LogP contribution in [-0.4, -0.2) is 58.8 Å². The molecule has 0 unspecified atom stereocenters. The van der Waals surface area contributed by atoms with Crippen molar-refractivity contribution < 1.29 is 23.8 Å². The van der Waals surface area contributed by atoms with Crippen molar-refractivity contribution in [3.8, 4) is 22.9 Å². The van der Waals surface area contributed by atoms with Gasteiger partial charge in [0.15, 0.2) is 6.17 Å². The number of anilines is 1. The SMILES string of the molecule is CC1(C)C[C@@H]1CC(=O)Nc1cc(-c2ccc(O[C@H]3CCN(C(=O)CO)C[C@H]3F)c(C#N)c2)ccn1. The number of pyridine rings is 1. The number of rotatable bonds is 7. The molecule has 0 bridgehead atoms. The van der Waals surface area contributed by atoms with Crippen LogP contribution in [0.25, 0.3) is 11.1 Å². The highest BCUT2D eigenvalue weighted by Crippen LogP contribution is 2.53. The van der Waals surface area contributed by atoms with E-state index in [1.54, 1.807) is 36.5 Å². The molecule has 1 saturated heterocycles. The summed E-state index contributed by atoms with van der Waals surface area (Å²) in [5.41, 5.74) is 1.97. The second-order valence-electron chi connectivity index (χ2n) is 9.85. The zero-order valence-corrected chi connectivity index (χ0v) is 19.8. The number of halogens is 1. The van der Waals surface area contributed by atoms with Crippen molar-refractivity contribution in [1.82, 2.24) is 9.88 Å². The number of likely N-dealkylation sites (tertiary alicyclic amines) is 1. The van der Waals surface area contributed by atoms with Crippen molar-refractivity contribution in [2.24, 2.45) is 11.3 Å². The van der Waals surface area contributed by atoms with Crippen molar-refractivity contribution >= 4 is 17.6 Å². The van der Waals surface area contributed by atoms with Crippen LogP contribution in [-0.2, 0) is 9.59 Å². The van der Waals surface area contributed by atoms with E-state index in [4.69, 9.17) is 9.84 Å². The Balaban J connectivity index is 1.43. The fourth-order valence-corrected chi connectivity index (χ4v) is 4.43. The molecule has 184 valence electrons. The van der Waals surface area contributed by atoms with Gasteiger partial charge < -0.3 is 20.1 Å². The highest BCUT2D eigenvalue weighted by atomic mass is 19.1. The molecular formula is C26H29FN4O4. The van der Waals surface area contributed by atoms with Gasteiger partial charge in [-0.1, -0.05) is 19.9 Å². The van der Waals surface area contributed by atoms with Crippen LogP contribution in [0.1, 0.15) is 38.7 Å². The van der Waals surface area contributed by atoms with Gasteiger partial charge in [-0.3, -0.25) is 9.59 Å². The smallest absolute Gasteiger partial charge is 0.248 e. The molecular weight excluding hydrogens is 451 g/mol. The van der Waals surface area contributed by atoms with Crippen LogP contribution in [0.4, 0.5) is 10.2 Å². The number of aliphatic hydroxyl groups is 1. The van der Waals surface area contributed by atoms with E-state index in [9.17, 15) is 19.2 Å². The predicted molar refractivity (Wildman–Crippen MR) is 127 cm³/mol. The van der Waals surface area contributed by atoms with E-state index >= 15 is 0 Å². The lowest BCUT2D eigenvalue weighted by atomic mass is 10.0. The first kappa shape index (κ1) is 24.6. The summed E-state index contributed by atoms with van der Waals surface area (Å²) < 4.78 is 20.4. The summed E-state index contributed by atoms with van der Waals surface area (Å²) in [7, 11) is 0. The van der Waals surface area contributed by atoms with Crippen molar-refractivity contribution in [3.05, 3.63) is 42.1 Å². The van der Waals surface area contributed by atoms with Crippen molar-refractivity contribution in [2.45, 2.75) is 45.4 Å². The first-order valence-corrected chi connectivity index (χ1v) is 11.7. The van der Waals surface area contributed by atoms with E-state index in [0.717, 1.165) is 17.5 Å². The molecule has 3 atom stereocenters. The average molecular weight is 481 g/mol. The number of benzene rings is 1. The lowest BCUT2D eigenvalue weighted by molar-refractivity contribution is -0.138. The first-order chi connectivity index (χ1) is 16.7. The molecule has 2 aliphatic rings. The lowest BCUT2D eigenvalue weighted by Gasteiger charge is -2.34. The molecule has 1 saturated carbocycles. The molecule has 2 amide bonds. The zero-order chi connectivity index (χ0) is 25.2. The number of hydrogen-bond donors (Lipinski definition) is 2. The maximum atomic E-state index is 14.6. The maximum absolute atomic E-state index is 14.6. The minimum atomic E-state index is -1.43. The van der Waals surface area contributed by atoms with Crippen LogP contribution in [0, 0.1) is 22.7 Å². The van der Waals surface area contributed by atoms with Gasteiger partial charge in [0, 0.05) is 25.6 Å². The largest absolute Gasteiger partial charge is 0.486 e. The average Bonchev–Trinajstić information content (AvgIpc) is 3.44. The number of nitrogens with one attached hydrogen (secondary N) is 1. The third kappa shape index (κ3) is 5.77. The summed E-state index contributed by atoms with van der Waals surface area (Å²) in [5, 5.41) is 21.5. The van der Waals surface area contributed by atoms with E-state index in [1.807, 2.05) is 0 Å². The Morgan fingerprint density at radius 3 is 2.71 bits per heavy atom. The molecule has 2 aromatic rings. The molecule has 8 nitrogen and oxygen atoms in total. The van der Waals surface area contributed by atoms with Crippen LogP contribution < -0.4 is 10.1 Å². The van der Waals surface area contributed by atoms with Crippen molar-refractivity contribution in [1.29, 1.82) is 5.26 Å². The van der Waals surface area contributed by atoms with Crippen LogP contribution >= 0.6 is 0 Å². The van der Waals surface area contributed by atoms with E-state index in [2.05, 4.69) is 30.2 Å². The van der Waals surface area contributed by atoms with Crippen LogP contribution in [0.5, 0.6) is 5.75 Å². The lowest BCUT2D eigenvalue weighted by Crippen LogP contribution is -2.50. The Morgan fingerprint density at radius 2 is 2.06 bits per heavy atom. The van der Waals surface area contributed by atoms with Gasteiger partial charge >= 0.3 is 0 Å². The number of aromatic nitrogens is 1. The Kier molecular flexibility index (Phi) is 7.03. The molecule has 9 heteroatoms. The second kappa shape index (κ2) is 10.0. The standard InChI is InChI=1S/C26H29FN4O4/c1-26(2)12-19(26)11-24(33)30-23-10-17(5-7-29-23)16-3-4-21(18(9-16)13-28)35-22-6-8-31(14-20(22)27)25(34)15-32/h3-5,7,9-10,19-20,22,32H,6,8,11-12,14-15H2,1-2H3,(H,29,30,33)/t19-,20+,22-/m0/s1. The normalized spacial score (nSPS) is 22.7. The molecule has 0 radical (unpaired) electrons. The molecule has 1 aromatic carbocycles. The van der Waals surface area contributed by atoms with Gasteiger partial charge in [-0.25, -0.2) is 9.37 Å². The number of amides is 2. The van der Waals surface area contributed by atoms with Gasteiger partial charge in [0.05, 0.1) is 12.1 Å². The topological polar surface area (TPSA) is 116 Å². The molecule has 2 N–H and O–H groups in total. The highest BCUT2D eigenvalue weighted by molar-refractivity contribution is 5.90. The number of hydrogen-bond acceptors (Lipinski definition) is 6. The predicted octanol–water partition coefficient (Wildman–Crippen LogP) is 3.31. The highest BCUT2D eigenvalue weighted by Gasteiger charge is 2.46. The second-order valence-corrected chi connectivity index (χ2v) is 9.85. The number of carbonyl (C=O) groups excluding carboxylic acids is 2. The minimum Gasteiger partial charge on any atom is -0.486 e. The van der Waals surface area contributed by atoms with Gasteiger partial charge in [-0.2, -0.15) is 5.26 Å². The van der Waals surface area contributed by atoms with Crippen molar-refractivity contribution in [3.63, 3.8) is 0 Å². The van der Waals surface area contributed by atoms with Gasteiger partial charge in [0.25, 0.3) is 0 Å². The molecule has 2 fully saturated rings. The van der Waals surface area contributed by atoms with Crippen LogP contribution in [0.15, 0.2) is 36.5 Å². The number of alkyl halides is 1. The Morgan fingerprint density at radius 1 is 1.31 bits per heavy atom. The number of piperidine rings is 1. The molecule has 1 aliphatic carbocycles. The summed E-state index contributed by atoms with van der Waals surface area (Å²) in [5.74, 6) is 0.508. The first-order valence-electron chi connectivity index (χ1n) is 11.7. The van der Waals surface area contributed by atoms with Crippen LogP contribution in [0.3, 0.4) is 0 Å². The zero-order valence-electron chi connectivity index (χ0n) is 19.8. The fraction of sp³-hybridized carbons (Fsp3) is 0.462. The number of aliphatic hydroxyl groups excluding tert-OH is 1. The molecule has 4 rings (SSSR count). The third-order valence-electron chi connectivity index (χ3n) is 6.86. The van der Waals surface area contributed by atoms with Crippen molar-refractivity contribution in [2.75, 3.05) is 25.0 Å². The Labute approximate surface area is 203 Å². The summed E-state index contributed by atoms with van der Waals surface area (Å²) in [6.45, 7) is 3.76. The van der Waals surface area contributed by atoms with E-state index in [1.165, 1.54) is 4.90 Å². The fourth-order valence-electron chi connectivity index (χ4n) is 4.43. The maximum Gasteiger partial charge on any atom is 0.248 e. The van der Waals surface area contributed by atoms with E-state index in [-0.39, 0.29) is 42.1 Å². The summed E-state index contributed by atoms with van der Waals surface area (Å²) in [6, 6.07) is 10.7. The third-order valence-corrected chi connectivity index (χ3v) is 6.86.